The SMILES string of the molecule is COC1=C(F)[C@]2(F)[C@@]1(F)[C@@]1(F)[C@@H]3CCC[C@@H]3[C@@]21F. The van der Waals surface area contributed by atoms with Crippen molar-refractivity contribution in [3.63, 3.8) is 0 Å². The third-order valence-electron chi connectivity index (χ3n) is 5.56. The van der Waals surface area contributed by atoms with Gasteiger partial charge in [0.05, 0.1) is 7.11 Å². The van der Waals surface area contributed by atoms with E-state index in [0.29, 0.717) is 12.8 Å². The van der Waals surface area contributed by atoms with Crippen molar-refractivity contribution in [3.8, 4) is 0 Å². The van der Waals surface area contributed by atoms with Crippen molar-refractivity contribution in [2.24, 2.45) is 11.8 Å². The fraction of sp³-hybridized carbons (Fsp3) is 0.833. The highest BCUT2D eigenvalue weighted by molar-refractivity contribution is 5.66. The molecule has 6 atom stereocenters. The predicted octanol–water partition coefficient (Wildman–Crippen LogP) is 3.10. The number of halogens is 5. The summed E-state index contributed by atoms with van der Waals surface area (Å²) >= 11 is 0. The molecule has 0 aliphatic heterocycles. The summed E-state index contributed by atoms with van der Waals surface area (Å²) in [4.78, 5) is 0. The number of ether oxygens (including phenoxy) is 1. The van der Waals surface area contributed by atoms with Crippen molar-refractivity contribution < 1.29 is 26.7 Å². The molecule has 0 aromatic carbocycles. The van der Waals surface area contributed by atoms with E-state index >= 15 is 0 Å². The Morgan fingerprint density at radius 2 is 1.50 bits per heavy atom. The number of methoxy groups -OCH3 is 1. The van der Waals surface area contributed by atoms with Crippen molar-refractivity contribution in [1.29, 1.82) is 0 Å². The minimum Gasteiger partial charge on any atom is -0.495 e. The third-order valence-corrected chi connectivity index (χ3v) is 5.56. The van der Waals surface area contributed by atoms with Gasteiger partial charge >= 0.3 is 0 Å². The Bertz CT molecular complexity index is 507. The molecule has 0 amide bonds. The zero-order valence-corrected chi connectivity index (χ0v) is 9.57. The summed E-state index contributed by atoms with van der Waals surface area (Å²) in [5, 5.41) is 0. The first kappa shape index (κ1) is 11.1. The number of alkyl halides is 4. The van der Waals surface area contributed by atoms with Crippen LogP contribution in [0.4, 0.5) is 22.0 Å². The van der Waals surface area contributed by atoms with Crippen molar-refractivity contribution in [3.05, 3.63) is 11.6 Å². The lowest BCUT2D eigenvalue weighted by atomic mass is 9.28. The van der Waals surface area contributed by atoms with Gasteiger partial charge in [-0.1, -0.05) is 6.42 Å². The van der Waals surface area contributed by atoms with Gasteiger partial charge in [0.25, 0.3) is 5.67 Å². The maximum Gasteiger partial charge on any atom is 0.250 e. The Morgan fingerprint density at radius 3 is 2.00 bits per heavy atom. The van der Waals surface area contributed by atoms with Crippen LogP contribution in [0.5, 0.6) is 0 Å². The Morgan fingerprint density at radius 1 is 1.00 bits per heavy atom. The topological polar surface area (TPSA) is 9.23 Å². The second kappa shape index (κ2) is 2.43. The average Bonchev–Trinajstić information content (AvgIpc) is 2.82. The van der Waals surface area contributed by atoms with Gasteiger partial charge in [-0.2, -0.15) is 0 Å². The highest BCUT2D eigenvalue weighted by atomic mass is 19.2. The molecule has 0 unspecified atom stereocenters. The summed E-state index contributed by atoms with van der Waals surface area (Å²) < 4.78 is 76.1. The van der Waals surface area contributed by atoms with E-state index in [0.717, 1.165) is 7.11 Å². The molecule has 4 aliphatic rings. The Hall–Kier alpha value is -0.810. The summed E-state index contributed by atoms with van der Waals surface area (Å²) in [6, 6.07) is 0. The molecule has 0 bridgehead atoms. The van der Waals surface area contributed by atoms with Gasteiger partial charge in [0.1, 0.15) is 0 Å². The van der Waals surface area contributed by atoms with Gasteiger partial charge in [-0.25, -0.2) is 22.0 Å². The van der Waals surface area contributed by atoms with Crippen molar-refractivity contribution in [2.45, 2.75) is 41.9 Å². The van der Waals surface area contributed by atoms with Crippen LogP contribution in [-0.2, 0) is 4.74 Å². The van der Waals surface area contributed by atoms with Gasteiger partial charge in [-0.15, -0.1) is 0 Å². The van der Waals surface area contributed by atoms with Crippen LogP contribution in [0.1, 0.15) is 19.3 Å². The molecular formula is C12H11F5O. The molecule has 3 saturated carbocycles. The molecule has 0 aromatic rings. The van der Waals surface area contributed by atoms with Crippen molar-refractivity contribution in [2.75, 3.05) is 7.11 Å². The quantitative estimate of drug-likeness (QED) is 0.663. The van der Waals surface area contributed by atoms with Crippen LogP contribution in [0.3, 0.4) is 0 Å². The van der Waals surface area contributed by atoms with Crippen molar-refractivity contribution >= 4 is 0 Å². The monoisotopic (exact) mass is 266 g/mol. The lowest BCUT2D eigenvalue weighted by molar-refractivity contribution is -0.443. The summed E-state index contributed by atoms with van der Waals surface area (Å²) in [6.07, 6.45) is 1.11. The fourth-order valence-electron chi connectivity index (χ4n) is 4.91. The van der Waals surface area contributed by atoms with Gasteiger partial charge in [-0.05, 0) is 12.8 Å². The van der Waals surface area contributed by atoms with E-state index in [1.54, 1.807) is 0 Å². The van der Waals surface area contributed by atoms with Gasteiger partial charge < -0.3 is 4.74 Å². The smallest absolute Gasteiger partial charge is 0.250 e. The third kappa shape index (κ3) is 0.541. The lowest BCUT2D eigenvalue weighted by Gasteiger charge is -2.79. The van der Waals surface area contributed by atoms with E-state index in [4.69, 9.17) is 0 Å². The number of hydrogen-bond donors (Lipinski definition) is 0. The van der Waals surface area contributed by atoms with Gasteiger partial charge in [-0.3, -0.25) is 0 Å². The highest BCUT2D eigenvalue weighted by Crippen LogP contribution is 2.89. The molecule has 0 aromatic heterocycles. The molecule has 1 nitrogen and oxygen atoms in total. The molecular weight excluding hydrogens is 255 g/mol. The summed E-state index contributed by atoms with van der Waals surface area (Å²) in [5.41, 5.74) is -12.8. The lowest BCUT2D eigenvalue weighted by Crippen LogP contribution is -3.02. The van der Waals surface area contributed by atoms with Gasteiger partial charge in [0.15, 0.2) is 22.9 Å². The molecule has 18 heavy (non-hydrogen) atoms. The normalized spacial score (nSPS) is 64.1. The van der Waals surface area contributed by atoms with E-state index < -0.39 is 46.1 Å². The average molecular weight is 266 g/mol. The van der Waals surface area contributed by atoms with E-state index in [9.17, 15) is 22.0 Å². The van der Waals surface area contributed by atoms with Crippen LogP contribution in [0, 0.1) is 11.8 Å². The minimum absolute atomic E-state index is 0.282. The first-order chi connectivity index (χ1) is 8.33. The largest absolute Gasteiger partial charge is 0.495 e. The van der Waals surface area contributed by atoms with E-state index in [-0.39, 0.29) is 6.42 Å². The highest BCUT2D eigenvalue weighted by Gasteiger charge is 3.09. The summed E-state index contributed by atoms with van der Waals surface area (Å²) in [6.45, 7) is 0. The summed E-state index contributed by atoms with van der Waals surface area (Å²) in [7, 11) is 0.933. The number of hydrogen-bond acceptors (Lipinski definition) is 1. The Kier molecular flexibility index (Phi) is 1.49. The molecule has 4 aliphatic carbocycles. The van der Waals surface area contributed by atoms with Crippen molar-refractivity contribution in [1.82, 2.24) is 0 Å². The molecule has 0 saturated heterocycles. The Balaban J connectivity index is 1.93. The predicted molar refractivity (Wildman–Crippen MR) is 51.3 cm³/mol. The second-order valence-electron chi connectivity index (χ2n) is 5.73. The van der Waals surface area contributed by atoms with E-state index in [2.05, 4.69) is 4.74 Å². The fourth-order valence-corrected chi connectivity index (χ4v) is 4.91. The molecule has 3 fully saturated rings. The molecule has 0 heterocycles. The first-order valence-corrected chi connectivity index (χ1v) is 6.03. The maximum absolute atomic E-state index is 14.7. The molecule has 100 valence electrons. The van der Waals surface area contributed by atoms with E-state index in [1.165, 1.54) is 0 Å². The summed E-state index contributed by atoms with van der Waals surface area (Å²) in [5.74, 6) is -4.41. The molecule has 4 rings (SSSR count). The first-order valence-electron chi connectivity index (χ1n) is 6.03. The number of rotatable bonds is 1. The van der Waals surface area contributed by atoms with Gasteiger partial charge in [0.2, 0.25) is 5.67 Å². The molecule has 0 radical (unpaired) electrons. The van der Waals surface area contributed by atoms with Crippen LogP contribution in [0.25, 0.3) is 0 Å². The number of allylic oxidation sites excluding steroid dienone is 2. The standard InChI is InChI=1S/C12H11F5O/c1-18-8-7(13)11(16)9(14)5-3-2-4-6(5)10(9,15)12(8,11)17/h5-6H,2-4H2,1H3/t5-,6+,9-,10+,11+,12-/m0/s1. The van der Waals surface area contributed by atoms with Crippen LogP contribution >= 0.6 is 0 Å². The Labute approximate surface area is 100.0 Å². The molecule has 0 N–H and O–H groups in total. The van der Waals surface area contributed by atoms with Crippen LogP contribution in [0.15, 0.2) is 11.6 Å². The van der Waals surface area contributed by atoms with Crippen LogP contribution in [-0.4, -0.2) is 29.8 Å². The van der Waals surface area contributed by atoms with Gasteiger partial charge in [0, 0.05) is 11.8 Å². The zero-order chi connectivity index (χ0) is 13.1. The maximum atomic E-state index is 14.7. The second-order valence-corrected chi connectivity index (χ2v) is 5.73. The van der Waals surface area contributed by atoms with E-state index in [1.807, 2.05) is 0 Å². The van der Waals surface area contributed by atoms with Crippen LogP contribution in [0.2, 0.25) is 0 Å². The molecule has 6 heteroatoms. The van der Waals surface area contributed by atoms with Crippen LogP contribution < -0.4 is 0 Å². The zero-order valence-electron chi connectivity index (χ0n) is 9.57. The molecule has 0 spiro atoms. The number of fused-ring (bicyclic) bond motifs is 7. The minimum atomic E-state index is -3.48.